The molecular weight excluding hydrogens is 416 g/mol. The summed E-state index contributed by atoms with van der Waals surface area (Å²) in [4.78, 5) is 16.8. The molecule has 152 valence electrons. The van der Waals surface area contributed by atoms with Crippen LogP contribution in [0.2, 0.25) is 0 Å². The maximum Gasteiger partial charge on any atom is 0.261 e. The Morgan fingerprint density at radius 1 is 1.13 bits per heavy atom. The van der Waals surface area contributed by atoms with Crippen molar-refractivity contribution >= 4 is 40.0 Å². The number of hydrogen-bond acceptors (Lipinski definition) is 5. The molecule has 0 spiro atoms. The van der Waals surface area contributed by atoms with E-state index in [2.05, 4.69) is 15.4 Å². The summed E-state index contributed by atoms with van der Waals surface area (Å²) in [6.07, 6.45) is 2.62. The largest absolute Gasteiger partial charge is 0.755 e. The van der Waals surface area contributed by atoms with E-state index < -0.39 is 34.5 Å². The zero-order valence-electron chi connectivity index (χ0n) is 15.0. The molecule has 0 saturated heterocycles. The van der Waals surface area contributed by atoms with E-state index in [9.17, 15) is 22.3 Å². The molecule has 0 aliphatic heterocycles. The first-order valence-electron chi connectivity index (χ1n) is 8.49. The molecule has 1 amide bonds. The maximum absolute atomic E-state index is 14.2. The van der Waals surface area contributed by atoms with Crippen LogP contribution in [0.5, 0.6) is 0 Å². The van der Waals surface area contributed by atoms with Crippen molar-refractivity contribution in [2.75, 3.05) is 9.62 Å². The summed E-state index contributed by atoms with van der Waals surface area (Å²) in [6.45, 7) is 0. The minimum absolute atomic E-state index is 0.0354. The summed E-state index contributed by atoms with van der Waals surface area (Å²) in [6, 6.07) is 12.3. The van der Waals surface area contributed by atoms with E-state index in [0.717, 1.165) is 18.2 Å². The zero-order chi connectivity index (χ0) is 21.3. The topological polar surface area (TPSA) is 103 Å². The van der Waals surface area contributed by atoms with Crippen molar-refractivity contribution in [3.8, 4) is 0 Å². The van der Waals surface area contributed by atoms with Gasteiger partial charge in [0.1, 0.15) is 23.0 Å². The standard InChI is InChI=1S/C19H13F2N5O3S/c20-12-6-7-15(21)16(10-12)26(30(28)29)17-8-9-25-18(24-17)14(11-22-25)19(27)23-13-4-2-1-3-5-13/h1-11H,(H,23,27)(H,28,29)/p-1. The van der Waals surface area contributed by atoms with Crippen molar-refractivity contribution in [3.05, 3.63) is 84.2 Å². The van der Waals surface area contributed by atoms with Gasteiger partial charge >= 0.3 is 0 Å². The second-order valence-electron chi connectivity index (χ2n) is 6.04. The third kappa shape index (κ3) is 3.75. The van der Waals surface area contributed by atoms with Crippen LogP contribution in [0.25, 0.3) is 5.65 Å². The first-order valence-corrected chi connectivity index (χ1v) is 9.52. The zero-order valence-corrected chi connectivity index (χ0v) is 15.8. The van der Waals surface area contributed by atoms with Crippen molar-refractivity contribution in [2.24, 2.45) is 0 Å². The number of nitrogens with one attached hydrogen (secondary N) is 1. The van der Waals surface area contributed by atoms with Gasteiger partial charge in [-0.1, -0.05) is 18.2 Å². The molecule has 4 aromatic rings. The Labute approximate surface area is 171 Å². The summed E-state index contributed by atoms with van der Waals surface area (Å²) in [5.41, 5.74) is 0.0994. The highest BCUT2D eigenvalue weighted by atomic mass is 32.2. The molecule has 2 aromatic heterocycles. The number of para-hydroxylation sites is 1. The van der Waals surface area contributed by atoms with Crippen LogP contribution >= 0.6 is 0 Å². The van der Waals surface area contributed by atoms with E-state index in [1.807, 2.05) is 0 Å². The van der Waals surface area contributed by atoms with Crippen molar-refractivity contribution in [1.82, 2.24) is 14.6 Å². The first-order chi connectivity index (χ1) is 14.4. The fraction of sp³-hybridized carbons (Fsp3) is 0. The summed E-state index contributed by atoms with van der Waals surface area (Å²) in [7, 11) is 0. The van der Waals surface area contributed by atoms with Gasteiger partial charge in [-0.3, -0.25) is 13.3 Å². The lowest BCUT2D eigenvalue weighted by atomic mass is 10.2. The Bertz CT molecular complexity index is 1270. The Hall–Kier alpha value is -3.70. The van der Waals surface area contributed by atoms with E-state index >= 15 is 0 Å². The Kier molecular flexibility index (Phi) is 5.21. The Morgan fingerprint density at radius 2 is 1.90 bits per heavy atom. The molecule has 1 atom stereocenters. The molecular formula is C19H12F2N5O3S-. The predicted octanol–water partition coefficient (Wildman–Crippen LogP) is 3.19. The number of carbonyl (C=O) groups is 1. The Balaban J connectivity index is 1.77. The predicted molar refractivity (Wildman–Crippen MR) is 105 cm³/mol. The molecule has 0 bridgehead atoms. The highest BCUT2D eigenvalue weighted by Crippen LogP contribution is 2.29. The number of anilines is 3. The van der Waals surface area contributed by atoms with Crippen molar-refractivity contribution < 1.29 is 22.3 Å². The molecule has 1 N–H and O–H groups in total. The second-order valence-corrected chi connectivity index (χ2v) is 6.84. The Morgan fingerprint density at radius 3 is 2.63 bits per heavy atom. The van der Waals surface area contributed by atoms with Gasteiger partial charge in [-0.2, -0.15) is 5.10 Å². The third-order valence-corrected chi connectivity index (χ3v) is 4.80. The molecule has 0 saturated carbocycles. The number of amides is 1. The molecule has 8 nitrogen and oxygen atoms in total. The minimum Gasteiger partial charge on any atom is -0.755 e. The van der Waals surface area contributed by atoms with Crippen LogP contribution in [0.1, 0.15) is 10.4 Å². The van der Waals surface area contributed by atoms with Gasteiger partial charge in [-0.25, -0.2) is 18.3 Å². The van der Waals surface area contributed by atoms with Gasteiger partial charge < -0.3 is 9.87 Å². The van der Waals surface area contributed by atoms with Crippen LogP contribution in [0.15, 0.2) is 67.0 Å². The van der Waals surface area contributed by atoms with E-state index in [0.29, 0.717) is 9.99 Å². The molecule has 1 unspecified atom stereocenters. The van der Waals surface area contributed by atoms with Crippen LogP contribution in [0.4, 0.5) is 26.0 Å². The summed E-state index contributed by atoms with van der Waals surface area (Å²) < 4.78 is 53.1. The lowest BCUT2D eigenvalue weighted by molar-refractivity contribution is 0.102. The molecule has 0 radical (unpaired) electrons. The van der Waals surface area contributed by atoms with Gasteiger partial charge in [0.05, 0.1) is 23.2 Å². The number of benzene rings is 2. The number of aromatic nitrogens is 3. The van der Waals surface area contributed by atoms with Crippen molar-refractivity contribution in [3.63, 3.8) is 0 Å². The van der Waals surface area contributed by atoms with Crippen LogP contribution < -0.4 is 9.62 Å². The van der Waals surface area contributed by atoms with Gasteiger partial charge in [-0.15, -0.1) is 0 Å². The van der Waals surface area contributed by atoms with Crippen LogP contribution in [-0.2, 0) is 11.3 Å². The van der Waals surface area contributed by atoms with Crippen molar-refractivity contribution in [2.45, 2.75) is 0 Å². The molecule has 0 aliphatic rings. The molecule has 2 heterocycles. The quantitative estimate of drug-likeness (QED) is 0.492. The lowest BCUT2D eigenvalue weighted by Crippen LogP contribution is -2.22. The number of rotatable bonds is 5. The molecule has 0 fully saturated rings. The molecule has 0 aliphatic carbocycles. The lowest BCUT2D eigenvalue weighted by Gasteiger charge is -2.25. The van der Waals surface area contributed by atoms with Gasteiger partial charge in [0.15, 0.2) is 5.65 Å². The first kappa shape index (κ1) is 19.6. The molecule has 30 heavy (non-hydrogen) atoms. The highest BCUT2D eigenvalue weighted by Gasteiger charge is 2.20. The smallest absolute Gasteiger partial charge is 0.261 e. The number of carbonyl (C=O) groups excluding carboxylic acids is 1. The maximum atomic E-state index is 14.2. The molecule has 4 rings (SSSR count). The normalized spacial score (nSPS) is 12.0. The van der Waals surface area contributed by atoms with Crippen molar-refractivity contribution in [1.29, 1.82) is 0 Å². The number of hydrogen-bond donors (Lipinski definition) is 1. The monoisotopic (exact) mass is 428 g/mol. The van der Waals surface area contributed by atoms with Gasteiger partial charge in [-0.05, 0) is 24.3 Å². The number of nitrogens with zero attached hydrogens (tertiary/aromatic N) is 4. The summed E-state index contributed by atoms with van der Waals surface area (Å²) in [5.74, 6) is -2.55. The second kappa shape index (κ2) is 7.97. The average Bonchev–Trinajstić information content (AvgIpc) is 3.15. The van der Waals surface area contributed by atoms with Crippen LogP contribution in [-0.4, -0.2) is 29.3 Å². The number of halogens is 2. The van der Waals surface area contributed by atoms with E-state index in [1.54, 1.807) is 30.3 Å². The summed E-state index contributed by atoms with van der Waals surface area (Å²) >= 11 is -3.02. The highest BCUT2D eigenvalue weighted by molar-refractivity contribution is 7.81. The SMILES string of the molecule is O=C(Nc1ccccc1)c1cnn2ccc(N(c3cc(F)ccc3F)S(=O)[O-])nc12. The molecule has 11 heteroatoms. The van der Waals surface area contributed by atoms with E-state index in [4.69, 9.17) is 0 Å². The van der Waals surface area contributed by atoms with E-state index in [1.165, 1.54) is 23.0 Å². The van der Waals surface area contributed by atoms with Crippen LogP contribution in [0, 0.1) is 11.6 Å². The van der Waals surface area contributed by atoms with Gasteiger partial charge in [0.25, 0.3) is 5.91 Å². The number of fused-ring (bicyclic) bond motifs is 1. The fourth-order valence-corrected chi connectivity index (χ4v) is 3.33. The third-order valence-electron chi connectivity index (χ3n) is 4.11. The average molecular weight is 428 g/mol. The minimum atomic E-state index is -3.02. The summed E-state index contributed by atoms with van der Waals surface area (Å²) in [5, 5.41) is 6.70. The van der Waals surface area contributed by atoms with E-state index in [-0.39, 0.29) is 17.0 Å². The van der Waals surface area contributed by atoms with Crippen LogP contribution in [0.3, 0.4) is 0 Å². The van der Waals surface area contributed by atoms with Gasteiger partial charge in [0, 0.05) is 24.0 Å². The molecule has 2 aromatic carbocycles. The fourth-order valence-electron chi connectivity index (χ4n) is 2.77. The van der Waals surface area contributed by atoms with Gasteiger partial charge in [0.2, 0.25) is 0 Å².